The maximum atomic E-state index is 13.2. The monoisotopic (exact) mass is 424 g/mol. The number of aliphatic hydroxyl groups excluding tert-OH is 1. The topological polar surface area (TPSA) is 46.5 Å². The molecule has 0 aromatic heterocycles. The molecule has 4 aromatic rings. The minimum atomic E-state index is -3.15. The Morgan fingerprint density at radius 1 is 0.645 bits per heavy atom. The van der Waals surface area contributed by atoms with Crippen LogP contribution < -0.4 is 15.6 Å². The van der Waals surface area contributed by atoms with E-state index in [1.807, 2.05) is 121 Å². The summed E-state index contributed by atoms with van der Waals surface area (Å²) in [7, 11) is -3.15. The van der Waals surface area contributed by atoms with Crippen molar-refractivity contribution in [2.45, 2.75) is 12.3 Å². The van der Waals surface area contributed by atoms with Crippen molar-refractivity contribution in [2.24, 2.45) is 0 Å². The molecular formula is C27H24O3Si. The first-order chi connectivity index (χ1) is 15.2. The highest BCUT2D eigenvalue weighted by Crippen LogP contribution is 2.15. The first kappa shape index (κ1) is 20.8. The van der Waals surface area contributed by atoms with Gasteiger partial charge in [0, 0.05) is 0 Å². The van der Waals surface area contributed by atoms with Gasteiger partial charge in [0.05, 0.1) is 0 Å². The molecule has 0 aliphatic rings. The van der Waals surface area contributed by atoms with Gasteiger partial charge < -0.3 is 9.84 Å². The summed E-state index contributed by atoms with van der Waals surface area (Å²) in [6.45, 7) is 0.125. The Morgan fingerprint density at radius 2 is 1.00 bits per heavy atom. The van der Waals surface area contributed by atoms with E-state index in [0.717, 1.165) is 21.1 Å². The van der Waals surface area contributed by atoms with Gasteiger partial charge in [-0.15, -0.1) is 0 Å². The molecule has 4 rings (SSSR count). The van der Waals surface area contributed by atoms with Gasteiger partial charge in [-0.05, 0) is 21.1 Å². The van der Waals surface area contributed by atoms with Gasteiger partial charge in [0.2, 0.25) is 0 Å². The zero-order chi connectivity index (χ0) is 21.5. The molecule has 3 nitrogen and oxygen atoms in total. The molecule has 0 aliphatic carbocycles. The van der Waals surface area contributed by atoms with E-state index in [1.165, 1.54) is 0 Å². The molecule has 0 bridgehead atoms. The third-order valence-corrected chi connectivity index (χ3v) is 10.3. The van der Waals surface area contributed by atoms with Crippen molar-refractivity contribution >= 4 is 29.6 Å². The molecule has 0 saturated heterocycles. The maximum Gasteiger partial charge on any atom is 0.333 e. The van der Waals surface area contributed by atoms with Gasteiger partial charge in [-0.3, -0.25) is 0 Å². The fourth-order valence-corrected chi connectivity index (χ4v) is 8.60. The third kappa shape index (κ3) is 4.22. The minimum Gasteiger partial charge on any atom is -0.459 e. The van der Waals surface area contributed by atoms with Crippen molar-refractivity contribution < 1.29 is 14.6 Å². The van der Waals surface area contributed by atoms with E-state index in [9.17, 15) is 9.90 Å². The number of ether oxygens (including phenoxy) is 1. The average molecular weight is 425 g/mol. The lowest BCUT2D eigenvalue weighted by atomic mass is 10.2. The van der Waals surface area contributed by atoms with Crippen LogP contribution in [0.2, 0.25) is 0 Å². The molecule has 31 heavy (non-hydrogen) atoms. The predicted octanol–water partition coefficient (Wildman–Crippen LogP) is 2.80. The number of carbonyl (C=O) groups is 1. The first-order valence-electron chi connectivity index (χ1n) is 10.3. The fraction of sp³-hybridized carbons (Fsp3) is 0.0741. The zero-order valence-corrected chi connectivity index (χ0v) is 18.1. The number of hydrogen-bond acceptors (Lipinski definition) is 3. The number of aliphatic hydroxyl groups is 1. The van der Waals surface area contributed by atoms with Crippen LogP contribution in [0.1, 0.15) is 5.56 Å². The summed E-state index contributed by atoms with van der Waals surface area (Å²) in [5.41, 5.74) is -0.419. The summed E-state index contributed by atoms with van der Waals surface area (Å²) in [6, 6.07) is 39.0. The van der Waals surface area contributed by atoms with Gasteiger partial charge in [-0.25, -0.2) is 4.79 Å². The molecule has 4 heteroatoms. The molecule has 154 valence electrons. The van der Waals surface area contributed by atoms with Crippen molar-refractivity contribution in [1.29, 1.82) is 0 Å². The van der Waals surface area contributed by atoms with Gasteiger partial charge in [0.25, 0.3) is 0 Å². The number of rotatable bonds is 7. The molecule has 1 N–H and O–H groups in total. The van der Waals surface area contributed by atoms with E-state index >= 15 is 0 Å². The highest BCUT2D eigenvalue weighted by molar-refractivity contribution is 7.13. The molecule has 0 aliphatic heterocycles. The summed E-state index contributed by atoms with van der Waals surface area (Å²) >= 11 is 0. The van der Waals surface area contributed by atoms with Gasteiger partial charge in [0.1, 0.15) is 6.61 Å². The lowest BCUT2D eigenvalue weighted by Crippen LogP contribution is -2.76. The Kier molecular flexibility index (Phi) is 6.41. The second kappa shape index (κ2) is 9.56. The predicted molar refractivity (Wildman–Crippen MR) is 126 cm³/mol. The van der Waals surface area contributed by atoms with Crippen LogP contribution in [-0.4, -0.2) is 24.9 Å². The summed E-state index contributed by atoms with van der Waals surface area (Å²) in [6.07, 6.45) is 0. The largest absolute Gasteiger partial charge is 0.459 e. The van der Waals surface area contributed by atoms with Crippen molar-refractivity contribution in [3.05, 3.63) is 127 Å². The molecule has 0 fully saturated rings. The van der Waals surface area contributed by atoms with Crippen LogP contribution in [0, 0.1) is 0 Å². The van der Waals surface area contributed by atoms with Crippen molar-refractivity contribution in [1.82, 2.24) is 0 Å². The standard InChI is InChI=1S/C27H24O3Si/c28-26(30-21-22-13-5-1-6-14-22)27(29)31(23-15-7-2-8-16-23,24-17-9-3-10-18-24)25-19-11-4-12-20-25/h1-20,27,29H,21H2. The van der Waals surface area contributed by atoms with Crippen molar-refractivity contribution in [3.8, 4) is 0 Å². The number of esters is 1. The summed E-state index contributed by atoms with van der Waals surface area (Å²) < 4.78 is 5.61. The maximum absolute atomic E-state index is 13.2. The first-order valence-corrected chi connectivity index (χ1v) is 12.4. The molecule has 0 amide bonds. The second-order valence-electron chi connectivity index (χ2n) is 7.40. The number of carbonyl (C=O) groups excluding carboxylic acids is 1. The average Bonchev–Trinajstić information content (AvgIpc) is 2.85. The highest BCUT2D eigenvalue weighted by atomic mass is 28.3. The molecule has 1 unspecified atom stereocenters. The second-order valence-corrected chi connectivity index (χ2v) is 11.3. The Bertz CT molecular complexity index is 1000. The van der Waals surface area contributed by atoms with E-state index in [4.69, 9.17) is 4.74 Å². The fourth-order valence-electron chi connectivity index (χ4n) is 4.06. The van der Waals surface area contributed by atoms with E-state index in [2.05, 4.69) is 0 Å². The molecule has 0 spiro atoms. The number of hydrogen-bond donors (Lipinski definition) is 1. The summed E-state index contributed by atoms with van der Waals surface area (Å²) in [5.74, 6) is -0.605. The lowest BCUT2D eigenvalue weighted by molar-refractivity contribution is -0.150. The molecule has 1 atom stereocenters. The van der Waals surface area contributed by atoms with E-state index < -0.39 is 19.8 Å². The van der Waals surface area contributed by atoms with Crippen LogP contribution in [0.15, 0.2) is 121 Å². The van der Waals surface area contributed by atoms with Gasteiger partial charge in [-0.2, -0.15) is 0 Å². The summed E-state index contributed by atoms with van der Waals surface area (Å²) in [4.78, 5) is 13.2. The zero-order valence-electron chi connectivity index (χ0n) is 17.1. The van der Waals surface area contributed by atoms with Crippen LogP contribution >= 0.6 is 0 Å². The Morgan fingerprint density at radius 3 is 1.39 bits per heavy atom. The smallest absolute Gasteiger partial charge is 0.333 e. The minimum absolute atomic E-state index is 0.125. The highest BCUT2D eigenvalue weighted by Gasteiger charge is 2.50. The van der Waals surface area contributed by atoms with Gasteiger partial charge in [0.15, 0.2) is 13.8 Å². The Labute approximate surface area is 183 Å². The van der Waals surface area contributed by atoms with Gasteiger partial charge in [-0.1, -0.05) is 121 Å². The van der Waals surface area contributed by atoms with E-state index in [-0.39, 0.29) is 6.61 Å². The van der Waals surface area contributed by atoms with Crippen LogP contribution in [0.3, 0.4) is 0 Å². The molecular weight excluding hydrogens is 400 g/mol. The van der Waals surface area contributed by atoms with Crippen molar-refractivity contribution in [3.63, 3.8) is 0 Å². The molecule has 0 saturated carbocycles. The third-order valence-electron chi connectivity index (χ3n) is 5.54. The van der Waals surface area contributed by atoms with E-state index in [0.29, 0.717) is 0 Å². The number of benzene rings is 4. The lowest BCUT2D eigenvalue weighted by Gasteiger charge is -2.36. The van der Waals surface area contributed by atoms with E-state index in [1.54, 1.807) is 0 Å². The SMILES string of the molecule is O=C(OCc1ccccc1)C(O)[Si](c1ccccc1)(c1ccccc1)c1ccccc1. The quantitative estimate of drug-likeness (QED) is 0.282. The molecule has 4 aromatic carbocycles. The normalized spacial score (nSPS) is 12.2. The molecule has 0 heterocycles. The van der Waals surface area contributed by atoms with Crippen LogP contribution in [0.25, 0.3) is 0 Å². The summed E-state index contributed by atoms with van der Waals surface area (Å²) in [5, 5.41) is 14.5. The van der Waals surface area contributed by atoms with Crippen LogP contribution in [0.4, 0.5) is 0 Å². The van der Waals surface area contributed by atoms with Crippen molar-refractivity contribution in [2.75, 3.05) is 0 Å². The van der Waals surface area contributed by atoms with Crippen LogP contribution in [0.5, 0.6) is 0 Å². The molecule has 0 radical (unpaired) electrons. The van der Waals surface area contributed by atoms with Crippen LogP contribution in [-0.2, 0) is 16.1 Å². The Balaban J connectivity index is 1.82. The Hall–Kier alpha value is -3.47. The van der Waals surface area contributed by atoms with Gasteiger partial charge >= 0.3 is 5.97 Å².